The van der Waals surface area contributed by atoms with Crippen LogP contribution in [-0.4, -0.2) is 38.7 Å². The molecule has 0 bridgehead atoms. The van der Waals surface area contributed by atoms with Gasteiger partial charge in [-0.25, -0.2) is 4.98 Å². The maximum Gasteiger partial charge on any atom is 0.264 e. The summed E-state index contributed by atoms with van der Waals surface area (Å²) < 4.78 is 10.5. The number of anilines is 2. The molecule has 1 aromatic carbocycles. The average Bonchev–Trinajstić information content (AvgIpc) is 2.65. The summed E-state index contributed by atoms with van der Waals surface area (Å²) >= 11 is 0. The summed E-state index contributed by atoms with van der Waals surface area (Å²) in [5.41, 5.74) is 1.36. The standard InChI is InChI=1S/C19H25N3O3/c1-5-6-12-22(2)14-10-11-17(20-13-14)21-19(23)18-15(24-3)8-7-9-16(18)25-4/h7-11,13H,5-6,12H2,1-4H3,(H,20,21,23). The molecule has 1 heterocycles. The van der Waals surface area contributed by atoms with Gasteiger partial charge >= 0.3 is 0 Å². The van der Waals surface area contributed by atoms with Crippen LogP contribution in [0, 0.1) is 0 Å². The van der Waals surface area contributed by atoms with Crippen LogP contribution in [0.5, 0.6) is 11.5 Å². The summed E-state index contributed by atoms with van der Waals surface area (Å²) in [5, 5.41) is 2.79. The van der Waals surface area contributed by atoms with Crippen molar-refractivity contribution in [1.82, 2.24) is 4.98 Å². The van der Waals surface area contributed by atoms with Crippen LogP contribution in [-0.2, 0) is 0 Å². The average molecular weight is 343 g/mol. The zero-order valence-electron chi connectivity index (χ0n) is 15.2. The molecule has 0 saturated carbocycles. The molecule has 0 spiro atoms. The van der Waals surface area contributed by atoms with Crippen LogP contribution >= 0.6 is 0 Å². The molecule has 1 N–H and O–H groups in total. The highest BCUT2D eigenvalue weighted by Gasteiger charge is 2.18. The van der Waals surface area contributed by atoms with Gasteiger partial charge in [-0.2, -0.15) is 0 Å². The van der Waals surface area contributed by atoms with Crippen molar-refractivity contribution in [1.29, 1.82) is 0 Å². The molecule has 2 aromatic rings. The number of methoxy groups -OCH3 is 2. The molecule has 6 heteroatoms. The molecule has 0 fully saturated rings. The van der Waals surface area contributed by atoms with Gasteiger partial charge in [0.25, 0.3) is 5.91 Å². The maximum absolute atomic E-state index is 12.6. The molecule has 1 amide bonds. The Bertz CT molecular complexity index is 679. The number of pyridine rings is 1. The minimum absolute atomic E-state index is 0.325. The lowest BCUT2D eigenvalue weighted by atomic mass is 10.1. The van der Waals surface area contributed by atoms with Gasteiger partial charge < -0.3 is 19.7 Å². The number of aromatic nitrogens is 1. The van der Waals surface area contributed by atoms with Gasteiger partial charge in [-0.05, 0) is 30.7 Å². The van der Waals surface area contributed by atoms with Gasteiger partial charge in [0.15, 0.2) is 0 Å². The van der Waals surface area contributed by atoms with Gasteiger partial charge in [-0.1, -0.05) is 19.4 Å². The van der Waals surface area contributed by atoms with Crippen molar-refractivity contribution in [2.75, 3.05) is 38.0 Å². The number of benzene rings is 1. The second-order valence-electron chi connectivity index (χ2n) is 5.67. The molecule has 25 heavy (non-hydrogen) atoms. The number of rotatable bonds is 8. The molecular formula is C19H25N3O3. The van der Waals surface area contributed by atoms with Gasteiger partial charge in [-0.3, -0.25) is 4.79 Å². The third-order valence-electron chi connectivity index (χ3n) is 3.93. The normalized spacial score (nSPS) is 10.2. The molecule has 0 atom stereocenters. The van der Waals surface area contributed by atoms with Crippen molar-refractivity contribution in [2.45, 2.75) is 19.8 Å². The monoisotopic (exact) mass is 343 g/mol. The van der Waals surface area contributed by atoms with E-state index < -0.39 is 0 Å². The summed E-state index contributed by atoms with van der Waals surface area (Å²) in [6.45, 7) is 3.14. The lowest BCUT2D eigenvalue weighted by molar-refractivity contribution is 0.102. The van der Waals surface area contributed by atoms with Crippen molar-refractivity contribution in [3.8, 4) is 11.5 Å². The lowest BCUT2D eigenvalue weighted by Crippen LogP contribution is -2.19. The zero-order valence-corrected chi connectivity index (χ0v) is 15.2. The molecule has 0 unspecified atom stereocenters. The van der Waals surface area contributed by atoms with Crippen LogP contribution in [0.4, 0.5) is 11.5 Å². The first-order valence-electron chi connectivity index (χ1n) is 8.30. The van der Waals surface area contributed by atoms with Gasteiger partial charge in [-0.15, -0.1) is 0 Å². The molecule has 0 saturated heterocycles. The highest BCUT2D eigenvalue weighted by atomic mass is 16.5. The van der Waals surface area contributed by atoms with Crippen LogP contribution in [0.25, 0.3) is 0 Å². The Labute approximate surface area is 148 Å². The number of nitrogens with zero attached hydrogens (tertiary/aromatic N) is 2. The number of ether oxygens (including phenoxy) is 2. The first kappa shape index (κ1) is 18.6. The van der Waals surface area contributed by atoms with E-state index in [0.29, 0.717) is 22.9 Å². The molecular weight excluding hydrogens is 318 g/mol. The van der Waals surface area contributed by atoms with Crippen LogP contribution in [0.2, 0.25) is 0 Å². The molecule has 6 nitrogen and oxygen atoms in total. The Morgan fingerprint density at radius 3 is 2.36 bits per heavy atom. The minimum atomic E-state index is -0.325. The Kier molecular flexibility index (Phi) is 6.62. The zero-order chi connectivity index (χ0) is 18.2. The van der Waals surface area contributed by atoms with E-state index in [1.165, 1.54) is 14.2 Å². The van der Waals surface area contributed by atoms with Gasteiger partial charge in [0, 0.05) is 13.6 Å². The van der Waals surface area contributed by atoms with E-state index >= 15 is 0 Å². The number of unbranched alkanes of at least 4 members (excludes halogenated alkanes) is 1. The van der Waals surface area contributed by atoms with Crippen molar-refractivity contribution in [2.24, 2.45) is 0 Å². The fraction of sp³-hybridized carbons (Fsp3) is 0.368. The number of amides is 1. The summed E-state index contributed by atoms with van der Waals surface area (Å²) in [5.74, 6) is 1.06. The molecule has 1 aromatic heterocycles. The third kappa shape index (κ3) is 4.62. The van der Waals surface area contributed by atoms with Crippen molar-refractivity contribution in [3.05, 3.63) is 42.1 Å². The minimum Gasteiger partial charge on any atom is -0.496 e. The second kappa shape index (κ2) is 8.92. The van der Waals surface area contributed by atoms with E-state index in [-0.39, 0.29) is 5.91 Å². The summed E-state index contributed by atoms with van der Waals surface area (Å²) in [4.78, 5) is 19.1. The van der Waals surface area contributed by atoms with Gasteiger partial charge in [0.1, 0.15) is 22.9 Å². The fourth-order valence-electron chi connectivity index (χ4n) is 2.46. The predicted molar refractivity (Wildman–Crippen MR) is 99.9 cm³/mol. The molecule has 0 radical (unpaired) electrons. The predicted octanol–water partition coefficient (Wildman–Crippen LogP) is 3.59. The van der Waals surface area contributed by atoms with Crippen LogP contribution < -0.4 is 19.7 Å². The summed E-state index contributed by atoms with van der Waals surface area (Å²) in [7, 11) is 5.07. The van der Waals surface area contributed by atoms with Crippen molar-refractivity contribution in [3.63, 3.8) is 0 Å². The van der Waals surface area contributed by atoms with Crippen LogP contribution in [0.15, 0.2) is 36.5 Å². The number of nitrogens with one attached hydrogen (secondary N) is 1. The van der Waals surface area contributed by atoms with Crippen LogP contribution in [0.3, 0.4) is 0 Å². The SMILES string of the molecule is CCCCN(C)c1ccc(NC(=O)c2c(OC)cccc2OC)nc1. The number of carbonyl (C=O) groups is 1. The third-order valence-corrected chi connectivity index (χ3v) is 3.93. The molecule has 0 aliphatic heterocycles. The quantitative estimate of drug-likeness (QED) is 0.793. The smallest absolute Gasteiger partial charge is 0.264 e. The van der Waals surface area contributed by atoms with Gasteiger partial charge in [0.2, 0.25) is 0 Å². The van der Waals surface area contributed by atoms with E-state index in [1.807, 2.05) is 13.1 Å². The number of carbonyl (C=O) groups excluding carboxylic acids is 1. The van der Waals surface area contributed by atoms with Crippen LogP contribution in [0.1, 0.15) is 30.1 Å². The second-order valence-corrected chi connectivity index (χ2v) is 5.67. The Balaban J connectivity index is 2.14. The molecule has 0 aliphatic rings. The van der Waals surface area contributed by atoms with E-state index in [0.717, 1.165) is 25.1 Å². The largest absolute Gasteiger partial charge is 0.496 e. The summed E-state index contributed by atoms with van der Waals surface area (Å²) in [6, 6.07) is 8.94. The van der Waals surface area contributed by atoms with E-state index in [1.54, 1.807) is 30.5 Å². The van der Waals surface area contributed by atoms with E-state index in [9.17, 15) is 4.79 Å². The molecule has 134 valence electrons. The van der Waals surface area contributed by atoms with Crippen molar-refractivity contribution >= 4 is 17.4 Å². The topological polar surface area (TPSA) is 63.7 Å². The fourth-order valence-corrected chi connectivity index (χ4v) is 2.46. The Morgan fingerprint density at radius 1 is 1.16 bits per heavy atom. The number of hydrogen-bond donors (Lipinski definition) is 1. The van der Waals surface area contributed by atoms with E-state index in [2.05, 4.69) is 22.1 Å². The first-order valence-corrected chi connectivity index (χ1v) is 8.30. The summed E-state index contributed by atoms with van der Waals surface area (Å²) in [6.07, 6.45) is 4.03. The highest BCUT2D eigenvalue weighted by molar-refractivity contribution is 6.07. The Hall–Kier alpha value is -2.76. The highest BCUT2D eigenvalue weighted by Crippen LogP contribution is 2.29. The lowest BCUT2D eigenvalue weighted by Gasteiger charge is -2.18. The van der Waals surface area contributed by atoms with Crippen molar-refractivity contribution < 1.29 is 14.3 Å². The molecule has 2 rings (SSSR count). The first-order chi connectivity index (χ1) is 12.1. The van der Waals surface area contributed by atoms with E-state index in [4.69, 9.17) is 9.47 Å². The van der Waals surface area contributed by atoms with Gasteiger partial charge in [0.05, 0.1) is 26.1 Å². The number of hydrogen-bond acceptors (Lipinski definition) is 5. The maximum atomic E-state index is 12.6. The molecule has 0 aliphatic carbocycles. The Morgan fingerprint density at radius 2 is 1.84 bits per heavy atom.